The largest absolute Gasteiger partial charge is 0.377 e. The van der Waals surface area contributed by atoms with Gasteiger partial charge in [-0.05, 0) is 19.3 Å². The normalized spacial score (nSPS) is 29.3. The average Bonchev–Trinajstić information content (AvgIpc) is 2.50. The van der Waals surface area contributed by atoms with Gasteiger partial charge in [0.15, 0.2) is 0 Å². The molecule has 0 spiro atoms. The highest BCUT2D eigenvalue weighted by Gasteiger charge is 2.28. The van der Waals surface area contributed by atoms with Crippen molar-refractivity contribution in [2.75, 3.05) is 18.2 Å². The molecule has 1 heterocycles. The van der Waals surface area contributed by atoms with Gasteiger partial charge in [-0.3, -0.25) is 0 Å². The Bertz CT molecular complexity index is 294. The Balaban J connectivity index is 2.48. The Kier molecular flexibility index (Phi) is 4.83. The van der Waals surface area contributed by atoms with Crippen LogP contribution >= 0.6 is 11.6 Å². The zero-order valence-electron chi connectivity index (χ0n) is 9.07. The van der Waals surface area contributed by atoms with E-state index in [0.29, 0.717) is 12.5 Å². The van der Waals surface area contributed by atoms with Gasteiger partial charge < -0.3 is 4.74 Å². The fraction of sp³-hybridized carbons (Fsp3) is 1.00. The molecular formula is C9H18ClNO3S. The van der Waals surface area contributed by atoms with Crippen molar-refractivity contribution in [1.29, 1.82) is 0 Å². The quantitative estimate of drug-likeness (QED) is 0.745. The molecule has 0 aromatic rings. The molecule has 1 N–H and O–H groups in total. The van der Waals surface area contributed by atoms with E-state index in [9.17, 15) is 8.42 Å². The summed E-state index contributed by atoms with van der Waals surface area (Å²) in [6.45, 7) is 4.32. The third kappa shape index (κ3) is 4.26. The van der Waals surface area contributed by atoms with Gasteiger partial charge in [0.25, 0.3) is 0 Å². The number of alkyl halides is 1. The first kappa shape index (κ1) is 13.2. The molecule has 0 amide bonds. The predicted molar refractivity (Wildman–Crippen MR) is 60.6 cm³/mol. The monoisotopic (exact) mass is 255 g/mol. The molecule has 1 saturated heterocycles. The summed E-state index contributed by atoms with van der Waals surface area (Å²) in [5.41, 5.74) is 0. The molecule has 1 aliphatic rings. The van der Waals surface area contributed by atoms with Gasteiger partial charge in [0, 0.05) is 18.5 Å². The molecule has 15 heavy (non-hydrogen) atoms. The minimum Gasteiger partial charge on any atom is -0.377 e. The van der Waals surface area contributed by atoms with E-state index in [1.54, 1.807) is 0 Å². The second-order valence-corrected chi connectivity index (χ2v) is 6.24. The lowest BCUT2D eigenvalue weighted by molar-refractivity contribution is 0.117. The molecular weight excluding hydrogens is 238 g/mol. The fourth-order valence-electron chi connectivity index (χ4n) is 1.58. The molecule has 0 saturated carbocycles. The summed E-state index contributed by atoms with van der Waals surface area (Å²) < 4.78 is 31.3. The van der Waals surface area contributed by atoms with Crippen molar-refractivity contribution in [3.05, 3.63) is 0 Å². The van der Waals surface area contributed by atoms with Crippen LogP contribution in [-0.2, 0) is 14.8 Å². The molecule has 0 radical (unpaired) electrons. The maximum atomic E-state index is 11.7. The van der Waals surface area contributed by atoms with Crippen LogP contribution in [0.15, 0.2) is 0 Å². The fourth-order valence-corrected chi connectivity index (χ4v) is 3.56. The van der Waals surface area contributed by atoms with Crippen LogP contribution in [0, 0.1) is 5.92 Å². The lowest BCUT2D eigenvalue weighted by atomic mass is 10.2. The Morgan fingerprint density at radius 2 is 2.27 bits per heavy atom. The van der Waals surface area contributed by atoms with E-state index in [1.807, 2.05) is 13.8 Å². The zero-order valence-corrected chi connectivity index (χ0v) is 10.6. The van der Waals surface area contributed by atoms with Crippen LogP contribution in [0.5, 0.6) is 0 Å². The second kappa shape index (κ2) is 5.48. The summed E-state index contributed by atoms with van der Waals surface area (Å²) >= 11 is 5.59. The number of hydrogen-bond acceptors (Lipinski definition) is 3. The summed E-state index contributed by atoms with van der Waals surface area (Å²) in [6.07, 6.45) is 0.710. The summed E-state index contributed by atoms with van der Waals surface area (Å²) in [5.74, 6) is 0.416. The van der Waals surface area contributed by atoms with Crippen LogP contribution in [0.2, 0.25) is 0 Å². The maximum Gasteiger partial charge on any atom is 0.212 e. The topological polar surface area (TPSA) is 55.4 Å². The third-order valence-electron chi connectivity index (χ3n) is 2.47. The van der Waals surface area contributed by atoms with Gasteiger partial charge in [0.2, 0.25) is 10.0 Å². The number of rotatable bonds is 5. The smallest absolute Gasteiger partial charge is 0.212 e. The number of nitrogens with one attached hydrogen (secondary N) is 1. The lowest BCUT2D eigenvalue weighted by Crippen LogP contribution is -2.41. The van der Waals surface area contributed by atoms with Crippen molar-refractivity contribution in [3.63, 3.8) is 0 Å². The number of sulfonamides is 1. The van der Waals surface area contributed by atoms with Crippen molar-refractivity contribution < 1.29 is 13.2 Å². The highest BCUT2D eigenvalue weighted by molar-refractivity contribution is 7.89. The molecule has 0 aliphatic carbocycles. The predicted octanol–water partition coefficient (Wildman–Crippen LogP) is 0.958. The summed E-state index contributed by atoms with van der Waals surface area (Å²) in [5, 5.41) is 0. The molecule has 3 atom stereocenters. The zero-order chi connectivity index (χ0) is 11.5. The molecule has 4 nitrogen and oxygen atoms in total. The van der Waals surface area contributed by atoms with Crippen molar-refractivity contribution in [2.45, 2.75) is 32.4 Å². The lowest BCUT2D eigenvalue weighted by Gasteiger charge is -2.17. The number of ether oxygens (including phenoxy) is 1. The molecule has 1 aliphatic heterocycles. The molecule has 1 rings (SSSR count). The highest BCUT2D eigenvalue weighted by atomic mass is 35.5. The van der Waals surface area contributed by atoms with Gasteiger partial charge in [-0.1, -0.05) is 6.92 Å². The molecule has 1 fully saturated rings. The van der Waals surface area contributed by atoms with E-state index in [0.717, 1.165) is 6.42 Å². The molecule has 0 aromatic carbocycles. The average molecular weight is 256 g/mol. The third-order valence-corrected chi connectivity index (χ3v) is 4.67. The van der Waals surface area contributed by atoms with Gasteiger partial charge >= 0.3 is 0 Å². The first-order chi connectivity index (χ1) is 6.94. The number of hydrogen-bond donors (Lipinski definition) is 1. The minimum absolute atomic E-state index is 0.0261. The SMILES string of the molecule is CC(CCl)CS(=O)(=O)NC1CCOC1C. The van der Waals surface area contributed by atoms with E-state index in [2.05, 4.69) is 4.72 Å². The first-order valence-corrected chi connectivity index (χ1v) is 7.31. The van der Waals surface area contributed by atoms with Gasteiger partial charge in [0.05, 0.1) is 11.9 Å². The summed E-state index contributed by atoms with van der Waals surface area (Å²) in [4.78, 5) is 0. The van der Waals surface area contributed by atoms with E-state index >= 15 is 0 Å². The van der Waals surface area contributed by atoms with Gasteiger partial charge in [-0.15, -0.1) is 11.6 Å². The van der Waals surface area contributed by atoms with Crippen molar-refractivity contribution in [3.8, 4) is 0 Å². The number of halogens is 1. The Morgan fingerprint density at radius 1 is 1.60 bits per heavy atom. The van der Waals surface area contributed by atoms with Crippen LogP contribution < -0.4 is 4.72 Å². The van der Waals surface area contributed by atoms with Crippen LogP contribution in [0.4, 0.5) is 0 Å². The standard InChI is InChI=1S/C9H18ClNO3S/c1-7(5-10)6-15(12,13)11-9-3-4-14-8(9)2/h7-9,11H,3-6H2,1-2H3. The van der Waals surface area contributed by atoms with Gasteiger partial charge in [0.1, 0.15) is 0 Å². The Hall–Kier alpha value is 0.160. The van der Waals surface area contributed by atoms with Crippen molar-refractivity contribution in [2.24, 2.45) is 5.92 Å². The van der Waals surface area contributed by atoms with E-state index < -0.39 is 10.0 Å². The molecule has 6 heteroatoms. The van der Waals surface area contributed by atoms with Crippen molar-refractivity contribution >= 4 is 21.6 Å². The van der Waals surface area contributed by atoms with Crippen LogP contribution in [-0.4, -0.2) is 38.8 Å². The van der Waals surface area contributed by atoms with Gasteiger partial charge in [-0.25, -0.2) is 13.1 Å². The van der Waals surface area contributed by atoms with E-state index in [-0.39, 0.29) is 23.8 Å². The van der Waals surface area contributed by atoms with E-state index in [4.69, 9.17) is 16.3 Å². The summed E-state index contributed by atoms with van der Waals surface area (Å²) in [6, 6.07) is -0.0856. The van der Waals surface area contributed by atoms with Crippen LogP contribution in [0.25, 0.3) is 0 Å². The van der Waals surface area contributed by atoms with Crippen molar-refractivity contribution in [1.82, 2.24) is 4.72 Å². The van der Waals surface area contributed by atoms with Crippen LogP contribution in [0.3, 0.4) is 0 Å². The van der Waals surface area contributed by atoms with Gasteiger partial charge in [-0.2, -0.15) is 0 Å². The Morgan fingerprint density at radius 3 is 2.73 bits per heavy atom. The molecule has 90 valence electrons. The maximum absolute atomic E-state index is 11.7. The van der Waals surface area contributed by atoms with E-state index in [1.165, 1.54) is 0 Å². The molecule has 0 aromatic heterocycles. The first-order valence-electron chi connectivity index (χ1n) is 5.12. The summed E-state index contributed by atoms with van der Waals surface area (Å²) in [7, 11) is -3.22. The molecule has 0 bridgehead atoms. The van der Waals surface area contributed by atoms with Crippen LogP contribution in [0.1, 0.15) is 20.3 Å². The Labute approximate surface area is 96.4 Å². The molecule has 3 unspecified atom stereocenters. The highest BCUT2D eigenvalue weighted by Crippen LogP contribution is 2.14. The second-order valence-electron chi connectivity index (χ2n) is 4.13. The minimum atomic E-state index is -3.22.